The van der Waals surface area contributed by atoms with Crippen LogP contribution < -0.4 is 15.0 Å². The fourth-order valence-corrected chi connectivity index (χ4v) is 7.79. The van der Waals surface area contributed by atoms with Crippen LogP contribution in [0.4, 0.5) is 4.39 Å². The average Bonchev–Trinajstić information content (AvgIpc) is 3.27. The summed E-state index contributed by atoms with van der Waals surface area (Å²) in [5.41, 5.74) is 1.75. The monoisotopic (exact) mass is 598 g/mol. The van der Waals surface area contributed by atoms with Crippen molar-refractivity contribution < 1.29 is 27.4 Å². The molecule has 3 aromatic rings. The number of rotatable bonds is 7. The molecule has 2 aliphatic rings. The van der Waals surface area contributed by atoms with Crippen molar-refractivity contribution in [1.82, 2.24) is 8.87 Å². The second-order valence-electron chi connectivity index (χ2n) is 12.1. The fourth-order valence-electron chi connectivity index (χ4n) is 5.99. The van der Waals surface area contributed by atoms with Gasteiger partial charge in [-0.15, -0.1) is 0 Å². The number of aliphatic hydroxyl groups is 1. The first-order valence-electron chi connectivity index (χ1n) is 14.4. The van der Waals surface area contributed by atoms with Gasteiger partial charge in [-0.1, -0.05) is 6.07 Å². The van der Waals surface area contributed by atoms with E-state index < -0.39 is 15.6 Å². The van der Waals surface area contributed by atoms with Gasteiger partial charge in [-0.2, -0.15) is 4.31 Å². The van der Waals surface area contributed by atoms with E-state index in [1.165, 1.54) is 22.8 Å². The molecule has 1 aliphatic heterocycles. The van der Waals surface area contributed by atoms with Gasteiger partial charge in [0.1, 0.15) is 23.1 Å². The molecule has 1 saturated carbocycles. The van der Waals surface area contributed by atoms with Gasteiger partial charge < -0.3 is 19.1 Å². The normalized spacial score (nSPS) is 20.9. The van der Waals surface area contributed by atoms with E-state index >= 15 is 0 Å². The summed E-state index contributed by atoms with van der Waals surface area (Å²) in [6, 6.07) is 9.64. The lowest BCUT2D eigenvalue weighted by Crippen LogP contribution is -2.41. The van der Waals surface area contributed by atoms with E-state index in [9.17, 15) is 22.7 Å². The first-order valence-corrected chi connectivity index (χ1v) is 16.0. The number of pyridine rings is 1. The Labute approximate surface area is 246 Å². The fraction of sp³-hybridized carbons (Fsp3) is 0.469. The predicted molar refractivity (Wildman–Crippen MR) is 160 cm³/mol. The molecule has 1 aliphatic carbocycles. The lowest BCUT2D eigenvalue weighted by Gasteiger charge is -2.34. The highest BCUT2D eigenvalue weighted by Crippen LogP contribution is 2.42. The molecule has 8 nitrogen and oxygen atoms in total. The van der Waals surface area contributed by atoms with Crippen LogP contribution in [0.25, 0.3) is 11.1 Å². The Bertz CT molecular complexity index is 1630. The number of benzene rings is 2. The van der Waals surface area contributed by atoms with Crippen molar-refractivity contribution in [3.05, 3.63) is 75.5 Å². The topological polar surface area (TPSA) is 98.1 Å². The second-order valence-corrected chi connectivity index (χ2v) is 14.1. The molecule has 1 N–H and O–H groups in total. The summed E-state index contributed by atoms with van der Waals surface area (Å²) in [7, 11) is -1.52. The van der Waals surface area contributed by atoms with Crippen LogP contribution in [0.15, 0.2) is 47.4 Å². The summed E-state index contributed by atoms with van der Waals surface area (Å²) in [5.74, 6) is 1.25. The Morgan fingerprint density at radius 3 is 2.24 bits per heavy atom. The highest BCUT2D eigenvalue weighted by atomic mass is 32.2. The minimum atomic E-state index is -3.18. The van der Waals surface area contributed by atoms with Crippen molar-refractivity contribution in [3.8, 4) is 28.4 Å². The number of hydrogen-bond donors (Lipinski definition) is 1. The number of nitrogens with zero attached hydrogens (tertiary/aromatic N) is 2. The maximum Gasteiger partial charge on any atom is 0.254 e. The highest BCUT2D eigenvalue weighted by molar-refractivity contribution is 7.89. The quantitative estimate of drug-likeness (QED) is 0.383. The van der Waals surface area contributed by atoms with E-state index in [-0.39, 0.29) is 29.3 Å². The third-order valence-electron chi connectivity index (χ3n) is 8.29. The molecule has 0 radical (unpaired) electrons. The first-order chi connectivity index (χ1) is 19.7. The molecule has 0 unspecified atom stereocenters. The predicted octanol–water partition coefficient (Wildman–Crippen LogP) is 5.55. The summed E-state index contributed by atoms with van der Waals surface area (Å²) in [5, 5.41) is 10.8. The van der Waals surface area contributed by atoms with E-state index in [1.807, 2.05) is 6.07 Å². The van der Waals surface area contributed by atoms with Gasteiger partial charge in [0.25, 0.3) is 5.56 Å². The Kier molecular flexibility index (Phi) is 8.26. The maximum absolute atomic E-state index is 14.0. The van der Waals surface area contributed by atoms with Crippen molar-refractivity contribution >= 4 is 10.0 Å². The molecule has 0 atom stereocenters. The van der Waals surface area contributed by atoms with E-state index in [0.29, 0.717) is 83.7 Å². The van der Waals surface area contributed by atoms with Gasteiger partial charge in [-0.3, -0.25) is 4.79 Å². The van der Waals surface area contributed by atoms with Gasteiger partial charge in [-0.05, 0) is 101 Å². The molecule has 226 valence electrons. The largest absolute Gasteiger partial charge is 0.490 e. The summed E-state index contributed by atoms with van der Waals surface area (Å²) >= 11 is 0. The lowest BCUT2D eigenvalue weighted by molar-refractivity contribution is 0.0786. The van der Waals surface area contributed by atoms with Crippen LogP contribution in [0.2, 0.25) is 0 Å². The Morgan fingerprint density at radius 2 is 1.64 bits per heavy atom. The number of aromatic nitrogens is 1. The first kappa shape index (κ1) is 30.3. The summed E-state index contributed by atoms with van der Waals surface area (Å²) in [6.45, 7) is 7.52. The molecule has 42 heavy (non-hydrogen) atoms. The Morgan fingerprint density at radius 1 is 0.976 bits per heavy atom. The number of ether oxygens (including phenoxy) is 2. The second kappa shape index (κ2) is 11.5. The average molecular weight is 599 g/mol. The molecule has 1 aromatic heterocycles. The number of sulfonamides is 1. The summed E-state index contributed by atoms with van der Waals surface area (Å²) in [4.78, 5) is 12.8. The SMILES string of the molecule is Cc1cc(F)cc(C)c1Oc1ccc(C(C)(C)O)cc1-c1cn(C)c(=O)cc1O[C@H]1CC[C@H](N2CCCS2(=O)=O)CC1. The molecule has 0 spiro atoms. The zero-order valence-electron chi connectivity index (χ0n) is 24.8. The summed E-state index contributed by atoms with van der Waals surface area (Å²) in [6.07, 6.45) is 4.87. The molecule has 0 amide bonds. The van der Waals surface area contributed by atoms with Crippen molar-refractivity contribution in [1.29, 1.82) is 0 Å². The third kappa shape index (κ3) is 6.26. The standard InChI is InChI=1S/C32H39FN2O6S/c1-20-15-23(33)16-21(2)31(20)41-28-12-7-22(32(3,4)37)17-26(28)27-19-34(5)30(36)18-29(27)40-25-10-8-24(9-11-25)35-13-6-14-42(35,38)39/h7,12,15-19,24-25,37H,6,8-11,13-14H2,1-5H3/t24-,25-. The van der Waals surface area contributed by atoms with E-state index in [4.69, 9.17) is 9.47 Å². The van der Waals surface area contributed by atoms with Crippen LogP contribution in [-0.2, 0) is 22.7 Å². The van der Waals surface area contributed by atoms with E-state index in [1.54, 1.807) is 57.4 Å². The maximum atomic E-state index is 14.0. The van der Waals surface area contributed by atoms with Crippen LogP contribution in [0.1, 0.15) is 62.6 Å². The van der Waals surface area contributed by atoms with Gasteiger partial charge in [0.05, 0.1) is 17.5 Å². The van der Waals surface area contributed by atoms with Crippen LogP contribution in [0, 0.1) is 19.7 Å². The van der Waals surface area contributed by atoms with Gasteiger partial charge in [0.15, 0.2) is 0 Å². The minimum Gasteiger partial charge on any atom is -0.490 e. The van der Waals surface area contributed by atoms with Crippen molar-refractivity contribution in [2.24, 2.45) is 7.05 Å². The molecule has 5 rings (SSSR count). The van der Waals surface area contributed by atoms with Crippen molar-refractivity contribution in [2.45, 2.75) is 77.5 Å². The van der Waals surface area contributed by atoms with Gasteiger partial charge in [-0.25, -0.2) is 12.8 Å². The van der Waals surface area contributed by atoms with Gasteiger partial charge in [0.2, 0.25) is 10.0 Å². The zero-order chi connectivity index (χ0) is 30.4. The number of hydrogen-bond acceptors (Lipinski definition) is 6. The van der Waals surface area contributed by atoms with E-state index in [2.05, 4.69) is 0 Å². The van der Waals surface area contributed by atoms with Crippen molar-refractivity contribution in [3.63, 3.8) is 0 Å². The van der Waals surface area contributed by atoms with Gasteiger partial charge in [0, 0.05) is 43.0 Å². The Hall–Kier alpha value is -3.21. The number of halogens is 1. The van der Waals surface area contributed by atoms with Crippen LogP contribution in [-0.4, -0.2) is 46.8 Å². The van der Waals surface area contributed by atoms with Crippen molar-refractivity contribution in [2.75, 3.05) is 12.3 Å². The number of aryl methyl sites for hydroxylation is 3. The molecule has 2 fully saturated rings. The molecular formula is C32H39FN2O6S. The van der Waals surface area contributed by atoms with E-state index in [0.717, 1.165) is 0 Å². The minimum absolute atomic E-state index is 0.0221. The molecule has 2 heterocycles. The molecular weight excluding hydrogens is 559 g/mol. The van der Waals surface area contributed by atoms with Crippen LogP contribution in [0.3, 0.4) is 0 Å². The molecule has 10 heteroatoms. The van der Waals surface area contributed by atoms with Crippen LogP contribution >= 0.6 is 0 Å². The zero-order valence-corrected chi connectivity index (χ0v) is 25.6. The third-order valence-corrected chi connectivity index (χ3v) is 10.3. The summed E-state index contributed by atoms with van der Waals surface area (Å²) < 4.78 is 54.9. The molecule has 0 bridgehead atoms. The molecule has 1 saturated heterocycles. The molecule has 2 aromatic carbocycles. The lowest BCUT2D eigenvalue weighted by atomic mass is 9.92. The smallest absolute Gasteiger partial charge is 0.254 e. The van der Waals surface area contributed by atoms with Gasteiger partial charge >= 0.3 is 0 Å². The van der Waals surface area contributed by atoms with Crippen LogP contribution in [0.5, 0.6) is 17.2 Å². The Balaban J connectivity index is 1.51. The highest BCUT2D eigenvalue weighted by Gasteiger charge is 2.37.